The van der Waals surface area contributed by atoms with Gasteiger partial charge in [0.1, 0.15) is 11.1 Å². The van der Waals surface area contributed by atoms with E-state index in [1.165, 1.54) is 11.3 Å². The van der Waals surface area contributed by atoms with E-state index in [1.54, 1.807) is 11.8 Å². The Hall–Kier alpha value is -0.820. The van der Waals surface area contributed by atoms with E-state index in [-0.39, 0.29) is 23.0 Å². The van der Waals surface area contributed by atoms with Gasteiger partial charge in [-0.25, -0.2) is 4.79 Å². The molecule has 5 nitrogen and oxygen atoms in total. The molecule has 0 radical (unpaired) electrons. The zero-order chi connectivity index (χ0) is 15.0. The summed E-state index contributed by atoms with van der Waals surface area (Å²) in [6.45, 7) is 0. The fourth-order valence-electron chi connectivity index (χ4n) is 3.04. The lowest BCUT2D eigenvalue weighted by Crippen LogP contribution is -2.64. The zero-order valence-electron chi connectivity index (χ0n) is 11.5. The Morgan fingerprint density at radius 1 is 1.38 bits per heavy atom. The minimum absolute atomic E-state index is 0.138. The highest BCUT2D eigenvalue weighted by Gasteiger charge is 2.53. The van der Waals surface area contributed by atoms with Crippen LogP contribution in [0.1, 0.15) is 32.1 Å². The SMILES string of the molecule is O=C(O)C1=C(CBr)CS[C@@H]2[C@H](N=C3CCCCC3)C(=O)N12. The van der Waals surface area contributed by atoms with Crippen LogP contribution in [0.3, 0.4) is 0 Å². The van der Waals surface area contributed by atoms with Gasteiger partial charge in [-0.15, -0.1) is 11.8 Å². The number of nitrogens with zero attached hydrogens (tertiary/aromatic N) is 2. The number of β-lactam (4-membered cyclic amide) rings is 1. The van der Waals surface area contributed by atoms with Crippen LogP contribution in [0.2, 0.25) is 0 Å². The standard InChI is InChI=1S/C14H17BrN2O3S/c15-6-8-7-21-13-10(16-9-4-2-1-3-5-9)12(18)17(13)11(8)14(19)20/h10,13H,1-7H2,(H,19,20)/t10-,13-/m1/s1. The third kappa shape index (κ3) is 2.65. The molecule has 3 rings (SSSR count). The first kappa shape index (κ1) is 15.1. The molecule has 1 amide bonds. The van der Waals surface area contributed by atoms with E-state index in [0.717, 1.165) is 37.0 Å². The summed E-state index contributed by atoms with van der Waals surface area (Å²) in [5, 5.41) is 9.71. The molecule has 1 N–H and O–H groups in total. The molecular weight excluding hydrogens is 356 g/mol. The first-order valence-corrected chi connectivity index (χ1v) is 9.32. The summed E-state index contributed by atoms with van der Waals surface area (Å²) in [5.41, 5.74) is 2.05. The van der Waals surface area contributed by atoms with Crippen molar-refractivity contribution in [2.45, 2.75) is 43.5 Å². The van der Waals surface area contributed by atoms with Crippen LogP contribution in [0.25, 0.3) is 0 Å². The van der Waals surface area contributed by atoms with Gasteiger partial charge in [0.2, 0.25) is 0 Å². The second kappa shape index (κ2) is 6.12. The van der Waals surface area contributed by atoms with Gasteiger partial charge < -0.3 is 5.11 Å². The summed E-state index contributed by atoms with van der Waals surface area (Å²) < 4.78 is 0. The van der Waals surface area contributed by atoms with Crippen LogP contribution in [0.4, 0.5) is 0 Å². The van der Waals surface area contributed by atoms with E-state index in [9.17, 15) is 14.7 Å². The third-order valence-electron chi connectivity index (χ3n) is 4.14. The van der Waals surface area contributed by atoms with Gasteiger partial charge in [-0.05, 0) is 31.3 Å². The number of thioether (sulfide) groups is 1. The lowest BCUT2D eigenvalue weighted by molar-refractivity contribution is -0.147. The summed E-state index contributed by atoms with van der Waals surface area (Å²) in [6.07, 6.45) is 5.50. The molecule has 114 valence electrons. The molecule has 7 heteroatoms. The monoisotopic (exact) mass is 372 g/mol. The molecule has 0 aromatic heterocycles. The summed E-state index contributed by atoms with van der Waals surface area (Å²) in [5.74, 6) is -0.545. The van der Waals surface area contributed by atoms with Gasteiger partial charge in [0.25, 0.3) is 5.91 Å². The maximum Gasteiger partial charge on any atom is 0.352 e. The predicted molar refractivity (Wildman–Crippen MR) is 85.9 cm³/mol. The van der Waals surface area contributed by atoms with Crippen molar-refractivity contribution in [3.8, 4) is 0 Å². The highest BCUT2D eigenvalue weighted by molar-refractivity contribution is 9.09. The first-order valence-electron chi connectivity index (χ1n) is 7.15. The number of fused-ring (bicyclic) bond motifs is 1. The molecule has 0 aromatic rings. The minimum atomic E-state index is -1.02. The molecule has 2 atom stereocenters. The zero-order valence-corrected chi connectivity index (χ0v) is 14.0. The number of carbonyl (C=O) groups excluding carboxylic acids is 1. The van der Waals surface area contributed by atoms with E-state index >= 15 is 0 Å². The predicted octanol–water partition coefficient (Wildman–Crippen LogP) is 2.41. The second-order valence-corrected chi connectivity index (χ2v) is 7.17. The van der Waals surface area contributed by atoms with Crippen LogP contribution in [-0.2, 0) is 9.59 Å². The van der Waals surface area contributed by atoms with Crippen molar-refractivity contribution in [1.82, 2.24) is 4.90 Å². The van der Waals surface area contributed by atoms with Gasteiger partial charge >= 0.3 is 5.97 Å². The smallest absolute Gasteiger partial charge is 0.352 e. The Morgan fingerprint density at radius 3 is 2.71 bits per heavy atom. The summed E-state index contributed by atoms with van der Waals surface area (Å²) >= 11 is 4.92. The molecule has 1 saturated heterocycles. The van der Waals surface area contributed by atoms with Gasteiger partial charge in [0, 0.05) is 16.8 Å². The van der Waals surface area contributed by atoms with Crippen molar-refractivity contribution in [2.75, 3.05) is 11.1 Å². The van der Waals surface area contributed by atoms with Crippen LogP contribution < -0.4 is 0 Å². The van der Waals surface area contributed by atoms with Crippen LogP contribution >= 0.6 is 27.7 Å². The lowest BCUT2D eigenvalue weighted by atomic mass is 9.97. The van der Waals surface area contributed by atoms with Gasteiger partial charge in [-0.3, -0.25) is 14.7 Å². The van der Waals surface area contributed by atoms with E-state index in [4.69, 9.17) is 0 Å². The first-order chi connectivity index (χ1) is 10.1. The fourth-order valence-corrected chi connectivity index (χ4v) is 5.09. The Bertz CT molecular complexity index is 538. The topological polar surface area (TPSA) is 70.0 Å². The Kier molecular flexibility index (Phi) is 4.40. The molecular formula is C14H17BrN2O3S. The van der Waals surface area contributed by atoms with Gasteiger partial charge in [-0.2, -0.15) is 0 Å². The summed E-state index contributed by atoms with van der Waals surface area (Å²) in [6, 6.07) is -0.380. The number of halogens is 1. The number of carboxylic acids is 1. The lowest BCUT2D eigenvalue weighted by Gasteiger charge is -2.48. The van der Waals surface area contributed by atoms with E-state index in [2.05, 4.69) is 20.9 Å². The van der Waals surface area contributed by atoms with Crippen LogP contribution in [-0.4, -0.2) is 50.1 Å². The quantitative estimate of drug-likeness (QED) is 0.609. The van der Waals surface area contributed by atoms with Crippen LogP contribution in [0.5, 0.6) is 0 Å². The molecule has 0 spiro atoms. The van der Waals surface area contributed by atoms with E-state index in [1.807, 2.05) is 0 Å². The summed E-state index contributed by atoms with van der Waals surface area (Å²) in [7, 11) is 0. The Labute approximate surface area is 136 Å². The van der Waals surface area contributed by atoms with E-state index < -0.39 is 5.97 Å². The van der Waals surface area contributed by atoms with Crippen molar-refractivity contribution in [2.24, 2.45) is 4.99 Å². The average molecular weight is 373 g/mol. The number of alkyl halides is 1. The maximum atomic E-state index is 12.3. The van der Waals surface area contributed by atoms with Crippen molar-refractivity contribution in [1.29, 1.82) is 0 Å². The van der Waals surface area contributed by atoms with Crippen molar-refractivity contribution in [3.63, 3.8) is 0 Å². The van der Waals surface area contributed by atoms with Crippen LogP contribution in [0, 0.1) is 0 Å². The normalized spacial score (nSPS) is 29.1. The highest BCUT2D eigenvalue weighted by atomic mass is 79.9. The number of carbonyl (C=O) groups is 2. The number of aliphatic imine (C=N–C) groups is 1. The molecule has 0 aromatic carbocycles. The average Bonchev–Trinajstić information content (AvgIpc) is 2.51. The van der Waals surface area contributed by atoms with Crippen LogP contribution in [0.15, 0.2) is 16.3 Å². The molecule has 2 aliphatic heterocycles. The van der Waals surface area contributed by atoms with Crippen molar-refractivity contribution in [3.05, 3.63) is 11.3 Å². The molecule has 2 fully saturated rings. The van der Waals surface area contributed by atoms with Gasteiger partial charge in [0.05, 0.1) is 0 Å². The number of aliphatic carboxylic acids is 1. The number of carboxylic acid groups (broad SMARTS) is 1. The van der Waals surface area contributed by atoms with Gasteiger partial charge in [-0.1, -0.05) is 22.4 Å². The number of rotatable bonds is 3. The Balaban J connectivity index is 1.81. The van der Waals surface area contributed by atoms with Crippen molar-refractivity contribution >= 4 is 45.3 Å². The molecule has 21 heavy (non-hydrogen) atoms. The minimum Gasteiger partial charge on any atom is -0.477 e. The number of amides is 1. The number of hydrogen-bond donors (Lipinski definition) is 1. The largest absolute Gasteiger partial charge is 0.477 e. The van der Waals surface area contributed by atoms with Gasteiger partial charge in [0.15, 0.2) is 6.04 Å². The molecule has 1 aliphatic carbocycles. The molecule has 0 bridgehead atoms. The molecule has 2 heterocycles. The maximum absolute atomic E-state index is 12.3. The molecule has 1 saturated carbocycles. The second-order valence-electron chi connectivity index (χ2n) is 5.50. The third-order valence-corrected chi connectivity index (χ3v) is 6.14. The van der Waals surface area contributed by atoms with Crippen molar-refractivity contribution < 1.29 is 14.7 Å². The highest BCUT2D eigenvalue weighted by Crippen LogP contribution is 2.42. The molecule has 3 aliphatic rings. The molecule has 0 unspecified atom stereocenters. The van der Waals surface area contributed by atoms with E-state index in [0.29, 0.717) is 11.1 Å². The Morgan fingerprint density at radius 2 is 2.10 bits per heavy atom. The number of hydrogen-bond acceptors (Lipinski definition) is 4. The fraction of sp³-hybridized carbons (Fsp3) is 0.643. The summed E-state index contributed by atoms with van der Waals surface area (Å²) in [4.78, 5) is 29.8.